The normalized spacial score (nSPS) is 17.3. The van der Waals surface area contributed by atoms with Crippen LogP contribution < -0.4 is 16.0 Å². The minimum absolute atomic E-state index is 0.0525. The molecule has 7 nitrogen and oxygen atoms in total. The molecule has 9 heteroatoms. The molecular weight excluding hydrogens is 286 g/mol. The zero-order valence-electron chi connectivity index (χ0n) is 10.4. The number of nitrogens with two attached hydrogens (primary N) is 1. The Morgan fingerprint density at radius 1 is 1.32 bits per heavy atom. The quantitative estimate of drug-likeness (QED) is 0.526. The van der Waals surface area contributed by atoms with Crippen molar-refractivity contribution >= 4 is 27.7 Å². The molecule has 1 fully saturated rings. The molecule has 0 spiro atoms. The van der Waals surface area contributed by atoms with E-state index in [2.05, 4.69) is 20.1 Å². The number of nitrogen functional groups attached to an aromatic ring is 1. The number of hydrogen-bond donors (Lipinski definition) is 3. The molecule has 2 heterocycles. The zero-order valence-corrected chi connectivity index (χ0v) is 12.0. The van der Waals surface area contributed by atoms with Crippen LogP contribution in [0.5, 0.6) is 0 Å². The van der Waals surface area contributed by atoms with Gasteiger partial charge in [0, 0.05) is 6.54 Å². The monoisotopic (exact) mass is 303 g/mol. The summed E-state index contributed by atoms with van der Waals surface area (Å²) in [6, 6.07) is 0. The molecule has 0 unspecified atom stereocenters. The van der Waals surface area contributed by atoms with Crippen LogP contribution in [-0.2, 0) is 10.0 Å². The predicted octanol–water partition coefficient (Wildman–Crippen LogP) is 0.184. The summed E-state index contributed by atoms with van der Waals surface area (Å²) < 4.78 is 26.7. The predicted molar refractivity (Wildman–Crippen MR) is 75.1 cm³/mol. The van der Waals surface area contributed by atoms with E-state index in [1.54, 1.807) is 0 Å². The Morgan fingerprint density at radius 2 is 1.95 bits per heavy atom. The fraction of sp³-hybridized carbons (Fsp3) is 0.600. The molecule has 1 saturated heterocycles. The highest BCUT2D eigenvalue weighted by atomic mass is 32.2. The van der Waals surface area contributed by atoms with E-state index in [0.29, 0.717) is 12.5 Å². The minimum Gasteiger partial charge on any atom is -0.292 e. The number of anilines is 1. The molecule has 0 atom stereocenters. The van der Waals surface area contributed by atoms with Crippen molar-refractivity contribution in [2.75, 3.05) is 23.5 Å². The average Bonchev–Trinajstić information content (AvgIpc) is 2.46. The van der Waals surface area contributed by atoms with Gasteiger partial charge in [-0.2, -0.15) is 11.8 Å². The van der Waals surface area contributed by atoms with E-state index in [0.717, 1.165) is 24.3 Å². The standard InChI is InChI=1S/C10H17N5O2S2/c11-15-10-12-6-9(7-13-10)19(16,17)14-5-8-1-3-18-4-2-8/h6-8,14H,1-5,11H2,(H,12,13,15). The highest BCUT2D eigenvalue weighted by molar-refractivity contribution is 7.99. The molecule has 0 aromatic carbocycles. The molecule has 0 saturated carbocycles. The third-order valence-electron chi connectivity index (χ3n) is 2.97. The first-order valence-electron chi connectivity index (χ1n) is 5.98. The SMILES string of the molecule is NNc1ncc(S(=O)(=O)NCC2CCSCC2)cn1. The summed E-state index contributed by atoms with van der Waals surface area (Å²) in [6.07, 6.45) is 4.59. The first kappa shape index (κ1) is 14.5. The molecule has 1 aromatic rings. The van der Waals surface area contributed by atoms with E-state index in [1.807, 2.05) is 11.8 Å². The second-order valence-corrected chi connectivity index (χ2v) is 7.29. The van der Waals surface area contributed by atoms with Crippen LogP contribution >= 0.6 is 11.8 Å². The fourth-order valence-electron chi connectivity index (χ4n) is 1.79. The van der Waals surface area contributed by atoms with E-state index in [9.17, 15) is 8.42 Å². The van der Waals surface area contributed by atoms with Gasteiger partial charge in [-0.15, -0.1) is 0 Å². The summed E-state index contributed by atoms with van der Waals surface area (Å²) in [4.78, 5) is 7.63. The largest absolute Gasteiger partial charge is 0.292 e. The van der Waals surface area contributed by atoms with E-state index in [4.69, 9.17) is 5.84 Å². The maximum atomic E-state index is 12.0. The first-order valence-corrected chi connectivity index (χ1v) is 8.61. The third kappa shape index (κ3) is 4.03. The Kier molecular flexibility index (Phi) is 4.97. The van der Waals surface area contributed by atoms with Gasteiger partial charge in [0.25, 0.3) is 0 Å². The Balaban J connectivity index is 1.96. The molecule has 19 heavy (non-hydrogen) atoms. The Labute approximate surface area is 116 Å². The van der Waals surface area contributed by atoms with Crippen molar-refractivity contribution in [1.82, 2.24) is 14.7 Å². The number of hydrazine groups is 1. The molecule has 0 radical (unpaired) electrons. The van der Waals surface area contributed by atoms with Gasteiger partial charge in [0.2, 0.25) is 16.0 Å². The van der Waals surface area contributed by atoms with Crippen molar-refractivity contribution in [2.24, 2.45) is 11.8 Å². The summed E-state index contributed by atoms with van der Waals surface area (Å²) in [5, 5.41) is 0. The van der Waals surface area contributed by atoms with E-state index in [1.165, 1.54) is 12.4 Å². The van der Waals surface area contributed by atoms with Crippen LogP contribution in [0.25, 0.3) is 0 Å². The third-order valence-corrected chi connectivity index (χ3v) is 5.40. The summed E-state index contributed by atoms with van der Waals surface area (Å²) in [7, 11) is -3.54. The first-order chi connectivity index (χ1) is 9.12. The van der Waals surface area contributed by atoms with Gasteiger partial charge in [-0.1, -0.05) is 0 Å². The Hall–Kier alpha value is -0.900. The van der Waals surface area contributed by atoms with E-state index < -0.39 is 10.0 Å². The topological polar surface area (TPSA) is 110 Å². The summed E-state index contributed by atoms with van der Waals surface area (Å²) in [5.41, 5.74) is 2.25. The Morgan fingerprint density at radius 3 is 2.53 bits per heavy atom. The zero-order chi connectivity index (χ0) is 13.7. The van der Waals surface area contributed by atoms with Crippen LogP contribution in [0.15, 0.2) is 17.3 Å². The summed E-state index contributed by atoms with van der Waals surface area (Å²) >= 11 is 1.92. The van der Waals surface area contributed by atoms with E-state index in [-0.39, 0.29) is 10.8 Å². The molecule has 1 aliphatic rings. The number of hydrogen-bond acceptors (Lipinski definition) is 7. The van der Waals surface area contributed by atoms with Crippen LogP contribution in [0.4, 0.5) is 5.95 Å². The van der Waals surface area contributed by atoms with Crippen LogP contribution in [0.1, 0.15) is 12.8 Å². The molecular formula is C10H17N5O2S2. The van der Waals surface area contributed by atoms with Crippen molar-refractivity contribution in [3.8, 4) is 0 Å². The van der Waals surface area contributed by atoms with Crippen LogP contribution in [-0.4, -0.2) is 36.4 Å². The molecule has 0 bridgehead atoms. The maximum Gasteiger partial charge on any atom is 0.243 e. The van der Waals surface area contributed by atoms with Gasteiger partial charge in [-0.3, -0.25) is 5.43 Å². The van der Waals surface area contributed by atoms with Gasteiger partial charge in [-0.05, 0) is 30.3 Å². The molecule has 0 amide bonds. The van der Waals surface area contributed by atoms with Gasteiger partial charge in [0.1, 0.15) is 4.90 Å². The number of nitrogens with one attached hydrogen (secondary N) is 2. The van der Waals surface area contributed by atoms with Crippen molar-refractivity contribution in [3.63, 3.8) is 0 Å². The molecule has 2 rings (SSSR count). The molecule has 1 aliphatic heterocycles. The van der Waals surface area contributed by atoms with Crippen molar-refractivity contribution in [2.45, 2.75) is 17.7 Å². The highest BCUT2D eigenvalue weighted by Gasteiger charge is 2.19. The fourth-order valence-corrected chi connectivity index (χ4v) is 4.00. The number of thioether (sulfide) groups is 1. The second-order valence-electron chi connectivity index (χ2n) is 4.29. The molecule has 4 N–H and O–H groups in total. The molecule has 1 aromatic heterocycles. The van der Waals surface area contributed by atoms with Crippen molar-refractivity contribution in [3.05, 3.63) is 12.4 Å². The van der Waals surface area contributed by atoms with Gasteiger partial charge in [0.05, 0.1) is 12.4 Å². The van der Waals surface area contributed by atoms with Crippen LogP contribution in [0.2, 0.25) is 0 Å². The maximum absolute atomic E-state index is 12.0. The van der Waals surface area contributed by atoms with Gasteiger partial charge < -0.3 is 0 Å². The lowest BCUT2D eigenvalue weighted by molar-refractivity contribution is 0.476. The Bertz CT molecular complexity index is 499. The van der Waals surface area contributed by atoms with Crippen LogP contribution in [0.3, 0.4) is 0 Å². The molecule has 0 aliphatic carbocycles. The van der Waals surface area contributed by atoms with Gasteiger partial charge in [-0.25, -0.2) is 29.0 Å². The summed E-state index contributed by atoms with van der Waals surface area (Å²) in [5.74, 6) is 7.93. The number of rotatable bonds is 5. The number of nitrogens with zero attached hydrogens (tertiary/aromatic N) is 2. The van der Waals surface area contributed by atoms with Crippen molar-refractivity contribution < 1.29 is 8.42 Å². The van der Waals surface area contributed by atoms with E-state index >= 15 is 0 Å². The lowest BCUT2D eigenvalue weighted by atomic mass is 10.0. The number of sulfonamides is 1. The number of aromatic nitrogens is 2. The lowest BCUT2D eigenvalue weighted by Gasteiger charge is -2.21. The average molecular weight is 303 g/mol. The van der Waals surface area contributed by atoms with Gasteiger partial charge in [0.15, 0.2) is 0 Å². The lowest BCUT2D eigenvalue weighted by Crippen LogP contribution is -2.31. The highest BCUT2D eigenvalue weighted by Crippen LogP contribution is 2.22. The van der Waals surface area contributed by atoms with Crippen molar-refractivity contribution in [1.29, 1.82) is 0 Å². The van der Waals surface area contributed by atoms with Gasteiger partial charge >= 0.3 is 0 Å². The summed E-state index contributed by atoms with van der Waals surface area (Å²) in [6.45, 7) is 0.472. The smallest absolute Gasteiger partial charge is 0.243 e. The second kappa shape index (κ2) is 6.51. The minimum atomic E-state index is -3.54. The molecule has 106 valence electrons. The van der Waals surface area contributed by atoms with Crippen LogP contribution in [0, 0.1) is 5.92 Å².